The van der Waals surface area contributed by atoms with Gasteiger partial charge in [-0.3, -0.25) is 4.68 Å². The van der Waals surface area contributed by atoms with Gasteiger partial charge in [-0.2, -0.15) is 17.2 Å². The summed E-state index contributed by atoms with van der Waals surface area (Å²) < 4.78 is 18.7. The molecule has 0 aliphatic carbocycles. The van der Waals surface area contributed by atoms with Crippen molar-refractivity contribution in [3.05, 3.63) is 132 Å². The summed E-state index contributed by atoms with van der Waals surface area (Å²) in [4.78, 5) is 4.75. The Kier molecular flexibility index (Phi) is 8.13. The van der Waals surface area contributed by atoms with Gasteiger partial charge in [-0.05, 0) is 67.1 Å². The maximum atomic E-state index is 8.27. The molecule has 4 aromatic carbocycles. The van der Waals surface area contributed by atoms with E-state index in [0.29, 0.717) is 17.5 Å². The average molecular weight is 757 g/mol. The minimum Gasteiger partial charge on any atom is -0.509 e. The molecule has 220 valence electrons. The SMILES string of the molecule is [2H]c1ccc2c(c1)c1ccc(Oc3[c-]c(-n4nc(C)c(-c5ccccc5)c4C)ccc3)[c-]c1n2-c1cc(CCCC)ccn1.[Pt+2]. The molecule has 0 unspecified atom stereocenters. The van der Waals surface area contributed by atoms with Crippen LogP contribution in [0.25, 0.3) is 44.4 Å². The van der Waals surface area contributed by atoms with Gasteiger partial charge in [0.1, 0.15) is 5.82 Å². The quantitative estimate of drug-likeness (QED) is 0.145. The Balaban J connectivity index is 0.00000357. The molecule has 7 rings (SSSR count). The maximum Gasteiger partial charge on any atom is 2.00 e. The topological polar surface area (TPSA) is 44.9 Å². The van der Waals surface area contributed by atoms with Crippen LogP contribution >= 0.6 is 0 Å². The summed E-state index contributed by atoms with van der Waals surface area (Å²) >= 11 is 0. The van der Waals surface area contributed by atoms with E-state index in [1.165, 1.54) is 5.56 Å². The third kappa shape index (κ3) is 5.49. The van der Waals surface area contributed by atoms with Crippen LogP contribution in [0.3, 0.4) is 0 Å². The van der Waals surface area contributed by atoms with Gasteiger partial charge in [0.2, 0.25) is 0 Å². The Bertz CT molecular complexity index is 2130. The van der Waals surface area contributed by atoms with Crippen LogP contribution in [-0.4, -0.2) is 19.3 Å². The molecule has 3 aromatic heterocycles. The van der Waals surface area contributed by atoms with Gasteiger partial charge in [-0.25, -0.2) is 4.98 Å². The summed E-state index contributed by atoms with van der Waals surface area (Å²) in [5.41, 5.74) is 8.16. The van der Waals surface area contributed by atoms with E-state index in [0.717, 1.165) is 75.1 Å². The average Bonchev–Trinajstić information content (AvgIpc) is 3.52. The number of nitrogens with zero attached hydrogens (tertiary/aromatic N) is 4. The number of para-hydroxylation sites is 1. The first-order valence-corrected chi connectivity index (χ1v) is 14.7. The first-order chi connectivity index (χ1) is 21.5. The van der Waals surface area contributed by atoms with Gasteiger partial charge in [-0.1, -0.05) is 67.4 Å². The van der Waals surface area contributed by atoms with Crippen LogP contribution < -0.4 is 4.74 Å². The van der Waals surface area contributed by atoms with E-state index in [1.54, 1.807) is 0 Å². The molecule has 0 saturated heterocycles. The molecular formula is C38H32N4OPt. The molecule has 0 spiro atoms. The summed E-state index contributed by atoms with van der Waals surface area (Å²) in [5, 5.41) is 6.83. The summed E-state index contributed by atoms with van der Waals surface area (Å²) in [5.74, 6) is 1.97. The van der Waals surface area contributed by atoms with Gasteiger partial charge in [0.05, 0.1) is 7.06 Å². The van der Waals surface area contributed by atoms with Gasteiger partial charge < -0.3 is 9.30 Å². The summed E-state index contributed by atoms with van der Waals surface area (Å²) in [6.07, 6.45) is 5.15. The Hall–Kier alpha value is -4.47. The number of fused-ring (bicyclic) bond motifs is 3. The minimum absolute atomic E-state index is 0. The predicted molar refractivity (Wildman–Crippen MR) is 173 cm³/mol. The zero-order valence-corrected chi connectivity index (χ0v) is 27.1. The number of ether oxygens (including phenoxy) is 1. The van der Waals surface area contributed by atoms with Crippen molar-refractivity contribution in [3.63, 3.8) is 0 Å². The molecule has 0 atom stereocenters. The van der Waals surface area contributed by atoms with Crippen molar-refractivity contribution in [3.8, 4) is 34.1 Å². The molecule has 5 nitrogen and oxygen atoms in total. The number of pyridine rings is 1. The number of aromatic nitrogens is 4. The third-order valence-electron chi connectivity index (χ3n) is 7.91. The summed E-state index contributed by atoms with van der Waals surface area (Å²) in [7, 11) is 0. The standard InChI is InChI=1S/C38H32N4O.Pt/c1-4-5-12-28-21-22-39-37(23-28)41-35-18-10-9-17-33(35)34-20-19-32(25-36(34)41)43-31-16-11-15-30(24-31)42-27(3)38(26(2)40-42)29-13-7-6-8-14-29;/h6-11,13-23H,4-5,12H2,1-3H3;/q-2;+2/i9D;. The van der Waals surface area contributed by atoms with Crippen LogP contribution in [0.15, 0.2) is 103 Å². The van der Waals surface area contributed by atoms with Gasteiger partial charge in [-0.15, -0.1) is 35.7 Å². The molecule has 0 fully saturated rings. The molecule has 0 aliphatic heterocycles. The molecule has 0 N–H and O–H groups in total. The second-order valence-corrected chi connectivity index (χ2v) is 10.8. The number of unbranched alkanes of at least 4 members (excludes halogenated alkanes) is 1. The monoisotopic (exact) mass is 756 g/mol. The van der Waals surface area contributed by atoms with Gasteiger partial charge in [0, 0.05) is 34.5 Å². The molecule has 3 heterocycles. The minimum atomic E-state index is 0. The Morgan fingerprint density at radius 3 is 2.55 bits per heavy atom. The second kappa shape index (κ2) is 12.6. The van der Waals surface area contributed by atoms with E-state index < -0.39 is 0 Å². The van der Waals surface area contributed by atoms with E-state index in [1.807, 2.05) is 84.5 Å². The fourth-order valence-electron chi connectivity index (χ4n) is 5.87. The Morgan fingerprint density at radius 2 is 1.70 bits per heavy atom. The zero-order chi connectivity index (χ0) is 30.2. The van der Waals surface area contributed by atoms with Crippen LogP contribution in [0.1, 0.15) is 38.1 Å². The van der Waals surface area contributed by atoms with Crippen molar-refractivity contribution in [2.75, 3.05) is 0 Å². The van der Waals surface area contributed by atoms with Gasteiger partial charge in [0.15, 0.2) is 0 Å². The van der Waals surface area contributed by atoms with E-state index >= 15 is 0 Å². The normalized spacial score (nSPS) is 11.5. The fraction of sp³-hybridized carbons (Fsp3) is 0.158. The smallest absolute Gasteiger partial charge is 0.509 e. The number of benzene rings is 4. The molecule has 0 amide bonds. The van der Waals surface area contributed by atoms with Crippen molar-refractivity contribution in [2.45, 2.75) is 40.0 Å². The number of hydrogen-bond acceptors (Lipinski definition) is 3. The van der Waals surface area contributed by atoms with Crippen LogP contribution in [0.2, 0.25) is 0 Å². The van der Waals surface area contributed by atoms with Crippen molar-refractivity contribution in [1.82, 2.24) is 19.3 Å². The molecule has 6 heteroatoms. The molecule has 0 aliphatic rings. The van der Waals surface area contributed by atoms with Crippen LogP contribution in [0.5, 0.6) is 11.5 Å². The Labute approximate surface area is 273 Å². The molecule has 7 aromatic rings. The van der Waals surface area contributed by atoms with Crippen molar-refractivity contribution in [1.29, 1.82) is 0 Å². The van der Waals surface area contributed by atoms with Crippen LogP contribution in [-0.2, 0) is 27.5 Å². The van der Waals surface area contributed by atoms with E-state index in [4.69, 9.17) is 16.2 Å². The first kappa shape index (κ1) is 28.3. The van der Waals surface area contributed by atoms with E-state index in [-0.39, 0.29) is 21.1 Å². The third-order valence-corrected chi connectivity index (χ3v) is 7.91. The molecule has 0 radical (unpaired) electrons. The first-order valence-electron chi connectivity index (χ1n) is 15.2. The van der Waals surface area contributed by atoms with Gasteiger partial charge in [0.25, 0.3) is 0 Å². The van der Waals surface area contributed by atoms with Crippen LogP contribution in [0.4, 0.5) is 0 Å². The number of rotatable bonds is 8. The molecule has 0 saturated carbocycles. The summed E-state index contributed by atoms with van der Waals surface area (Å²) in [6, 6.07) is 37.5. The number of hydrogen-bond donors (Lipinski definition) is 0. The number of aryl methyl sites for hydroxylation is 2. The van der Waals surface area contributed by atoms with Gasteiger partial charge >= 0.3 is 21.1 Å². The van der Waals surface area contributed by atoms with E-state index in [2.05, 4.69) is 54.8 Å². The van der Waals surface area contributed by atoms with Crippen molar-refractivity contribution in [2.24, 2.45) is 0 Å². The zero-order valence-electron chi connectivity index (χ0n) is 25.9. The fourth-order valence-corrected chi connectivity index (χ4v) is 5.87. The summed E-state index contributed by atoms with van der Waals surface area (Å²) in [6.45, 7) is 6.32. The molecule has 0 bridgehead atoms. The predicted octanol–water partition coefficient (Wildman–Crippen LogP) is 9.38. The second-order valence-electron chi connectivity index (χ2n) is 10.8. The molecular weight excluding hydrogens is 724 g/mol. The Morgan fingerprint density at radius 1 is 0.864 bits per heavy atom. The molecule has 44 heavy (non-hydrogen) atoms. The van der Waals surface area contributed by atoms with Crippen molar-refractivity contribution < 1.29 is 27.2 Å². The maximum absolute atomic E-state index is 8.27. The van der Waals surface area contributed by atoms with Crippen molar-refractivity contribution >= 4 is 21.8 Å². The van der Waals surface area contributed by atoms with Crippen LogP contribution in [0, 0.1) is 26.0 Å². The largest absolute Gasteiger partial charge is 2.00 e. The van der Waals surface area contributed by atoms with E-state index in [9.17, 15) is 0 Å².